The van der Waals surface area contributed by atoms with Crippen LogP contribution in [0.4, 0.5) is 4.39 Å². The second kappa shape index (κ2) is 8.76. The molecule has 1 aromatic rings. The summed E-state index contributed by atoms with van der Waals surface area (Å²) in [4.78, 5) is 16.3. The number of amides is 1. The Labute approximate surface area is 146 Å². The number of hydrogen-bond acceptors (Lipinski definition) is 4. The molecule has 1 aromatic carbocycles. The minimum atomic E-state index is -0.541. The molecule has 0 saturated carbocycles. The van der Waals surface area contributed by atoms with Crippen molar-refractivity contribution in [1.82, 2.24) is 9.80 Å². The molecule has 0 aliphatic carbocycles. The zero-order valence-electron chi connectivity index (χ0n) is 13.8. The van der Waals surface area contributed by atoms with Gasteiger partial charge < -0.3 is 20.0 Å². The van der Waals surface area contributed by atoms with Gasteiger partial charge in [0, 0.05) is 49.3 Å². The Morgan fingerprint density at radius 3 is 2.62 bits per heavy atom. The average Bonchev–Trinajstić information content (AvgIpc) is 2.95. The van der Waals surface area contributed by atoms with Gasteiger partial charge in [0.1, 0.15) is 5.82 Å². The maximum Gasteiger partial charge on any atom is 0.254 e. The molecule has 7 heteroatoms. The van der Waals surface area contributed by atoms with Gasteiger partial charge in [-0.15, -0.1) is 0 Å². The normalized spacial score (nSPS) is 20.8. The SMILES string of the molecule is CCN(CCO)C[C@@H]1CN(C(=O)c2cc(F)cc(Cl)c2)C[C@@H]1CO. The predicted octanol–water partition coefficient (Wildman–Crippen LogP) is 1.47. The predicted molar refractivity (Wildman–Crippen MR) is 90.6 cm³/mol. The van der Waals surface area contributed by atoms with Gasteiger partial charge in [0.05, 0.1) is 6.61 Å². The summed E-state index contributed by atoms with van der Waals surface area (Å²) in [6, 6.07) is 3.80. The van der Waals surface area contributed by atoms with E-state index >= 15 is 0 Å². The molecule has 1 fully saturated rings. The van der Waals surface area contributed by atoms with Crippen LogP contribution in [0, 0.1) is 17.7 Å². The van der Waals surface area contributed by atoms with Crippen LogP contribution in [0.1, 0.15) is 17.3 Å². The molecule has 0 aromatic heterocycles. The number of hydrogen-bond donors (Lipinski definition) is 2. The van der Waals surface area contributed by atoms with Crippen molar-refractivity contribution in [3.8, 4) is 0 Å². The summed E-state index contributed by atoms with van der Waals surface area (Å²) in [5.41, 5.74) is 0.222. The molecule has 1 aliphatic heterocycles. The van der Waals surface area contributed by atoms with Crippen LogP contribution < -0.4 is 0 Å². The van der Waals surface area contributed by atoms with Crippen LogP contribution in [-0.4, -0.2) is 71.9 Å². The van der Waals surface area contributed by atoms with Crippen LogP contribution in [0.3, 0.4) is 0 Å². The molecule has 1 heterocycles. The van der Waals surface area contributed by atoms with Gasteiger partial charge in [0.25, 0.3) is 5.91 Å². The first-order valence-electron chi connectivity index (χ1n) is 8.17. The van der Waals surface area contributed by atoms with Crippen molar-refractivity contribution in [1.29, 1.82) is 0 Å². The molecule has 1 aliphatic rings. The van der Waals surface area contributed by atoms with E-state index in [2.05, 4.69) is 4.90 Å². The van der Waals surface area contributed by atoms with Crippen molar-refractivity contribution in [3.05, 3.63) is 34.6 Å². The Bertz CT molecular complexity index is 553. The van der Waals surface area contributed by atoms with E-state index in [9.17, 15) is 14.3 Å². The summed E-state index contributed by atoms with van der Waals surface area (Å²) in [5.74, 6) is -0.719. The summed E-state index contributed by atoms with van der Waals surface area (Å²) in [7, 11) is 0. The standard InChI is InChI=1S/C17H24ClFN2O3/c1-2-20(3-4-22)8-13-9-21(10-14(13)11-23)17(24)12-5-15(18)7-16(19)6-12/h5-7,13-14,22-23H,2-4,8-11H2,1H3/t13-,14-/m1/s1. The summed E-state index contributed by atoms with van der Waals surface area (Å²) in [5, 5.41) is 18.9. The van der Waals surface area contributed by atoms with Gasteiger partial charge in [-0.3, -0.25) is 4.79 Å². The van der Waals surface area contributed by atoms with Gasteiger partial charge in [0.15, 0.2) is 0 Å². The lowest BCUT2D eigenvalue weighted by molar-refractivity contribution is 0.0778. The first-order chi connectivity index (χ1) is 11.5. The highest BCUT2D eigenvalue weighted by molar-refractivity contribution is 6.31. The molecular weight excluding hydrogens is 335 g/mol. The fourth-order valence-electron chi connectivity index (χ4n) is 3.23. The number of carbonyl (C=O) groups is 1. The highest BCUT2D eigenvalue weighted by Gasteiger charge is 2.36. The highest BCUT2D eigenvalue weighted by Crippen LogP contribution is 2.26. The third-order valence-electron chi connectivity index (χ3n) is 4.56. The van der Waals surface area contributed by atoms with Gasteiger partial charge in [0.2, 0.25) is 0 Å². The van der Waals surface area contributed by atoms with Gasteiger partial charge in [-0.05, 0) is 30.7 Å². The minimum Gasteiger partial charge on any atom is -0.396 e. The smallest absolute Gasteiger partial charge is 0.254 e. The quantitative estimate of drug-likeness (QED) is 0.775. The van der Waals surface area contributed by atoms with Gasteiger partial charge in [-0.2, -0.15) is 0 Å². The van der Waals surface area contributed by atoms with E-state index < -0.39 is 5.82 Å². The molecule has 0 spiro atoms. The summed E-state index contributed by atoms with van der Waals surface area (Å²) in [6.45, 7) is 5.09. The zero-order valence-corrected chi connectivity index (χ0v) is 14.5. The van der Waals surface area contributed by atoms with Crippen molar-refractivity contribution in [2.45, 2.75) is 6.92 Å². The van der Waals surface area contributed by atoms with E-state index in [1.54, 1.807) is 4.90 Å². The van der Waals surface area contributed by atoms with Crippen molar-refractivity contribution in [2.75, 3.05) is 45.9 Å². The zero-order chi connectivity index (χ0) is 17.7. The number of likely N-dealkylation sites (N-methyl/N-ethyl adjacent to an activating group) is 1. The molecule has 0 unspecified atom stereocenters. The molecule has 5 nitrogen and oxygen atoms in total. The molecular formula is C17H24ClFN2O3. The Hall–Kier alpha value is -1.21. The number of aliphatic hydroxyl groups is 2. The maximum absolute atomic E-state index is 13.5. The number of benzene rings is 1. The lowest BCUT2D eigenvalue weighted by Gasteiger charge is -2.25. The van der Waals surface area contributed by atoms with Gasteiger partial charge in [-0.25, -0.2) is 4.39 Å². The van der Waals surface area contributed by atoms with Crippen molar-refractivity contribution < 1.29 is 19.4 Å². The van der Waals surface area contributed by atoms with Crippen LogP contribution in [0.5, 0.6) is 0 Å². The van der Waals surface area contributed by atoms with E-state index in [0.29, 0.717) is 26.2 Å². The molecule has 1 amide bonds. The fraction of sp³-hybridized carbons (Fsp3) is 0.588. The number of carbonyl (C=O) groups excluding carboxylic acids is 1. The topological polar surface area (TPSA) is 64.0 Å². The van der Waals surface area contributed by atoms with Crippen LogP contribution in [0.15, 0.2) is 18.2 Å². The number of nitrogens with zero attached hydrogens (tertiary/aromatic N) is 2. The first-order valence-corrected chi connectivity index (χ1v) is 8.55. The number of halogens is 2. The van der Waals surface area contributed by atoms with E-state index in [1.807, 2.05) is 6.92 Å². The second-order valence-corrected chi connectivity index (χ2v) is 6.62. The van der Waals surface area contributed by atoms with Gasteiger partial charge >= 0.3 is 0 Å². The summed E-state index contributed by atoms with van der Waals surface area (Å²) in [6.07, 6.45) is 0. The van der Waals surface area contributed by atoms with Crippen molar-refractivity contribution in [2.24, 2.45) is 11.8 Å². The largest absolute Gasteiger partial charge is 0.396 e. The lowest BCUT2D eigenvalue weighted by atomic mass is 9.96. The van der Waals surface area contributed by atoms with E-state index in [-0.39, 0.29) is 41.5 Å². The van der Waals surface area contributed by atoms with E-state index in [1.165, 1.54) is 12.1 Å². The van der Waals surface area contributed by atoms with Crippen LogP contribution in [0.2, 0.25) is 5.02 Å². The molecule has 24 heavy (non-hydrogen) atoms. The molecule has 2 rings (SSSR count). The number of likely N-dealkylation sites (tertiary alicyclic amines) is 1. The van der Waals surface area contributed by atoms with Crippen molar-refractivity contribution in [3.63, 3.8) is 0 Å². The second-order valence-electron chi connectivity index (χ2n) is 6.19. The third kappa shape index (κ3) is 4.66. The summed E-state index contributed by atoms with van der Waals surface area (Å²) < 4.78 is 13.5. The minimum absolute atomic E-state index is 0.00493. The maximum atomic E-state index is 13.5. The first kappa shape index (κ1) is 19.1. The molecule has 2 atom stereocenters. The number of aliphatic hydroxyl groups excluding tert-OH is 2. The van der Waals surface area contributed by atoms with E-state index in [4.69, 9.17) is 16.7 Å². The Balaban J connectivity index is 2.08. The Kier molecular flexibility index (Phi) is 6.98. The molecule has 134 valence electrons. The van der Waals surface area contributed by atoms with E-state index in [0.717, 1.165) is 12.6 Å². The highest BCUT2D eigenvalue weighted by atomic mass is 35.5. The van der Waals surface area contributed by atoms with Crippen LogP contribution >= 0.6 is 11.6 Å². The van der Waals surface area contributed by atoms with Crippen LogP contribution in [0.25, 0.3) is 0 Å². The Morgan fingerprint density at radius 1 is 1.33 bits per heavy atom. The summed E-state index contributed by atoms with van der Waals surface area (Å²) >= 11 is 5.83. The molecule has 0 bridgehead atoms. The average molecular weight is 359 g/mol. The fourth-order valence-corrected chi connectivity index (χ4v) is 3.45. The molecule has 2 N–H and O–H groups in total. The number of rotatable bonds is 7. The van der Waals surface area contributed by atoms with Crippen LogP contribution in [-0.2, 0) is 0 Å². The molecule has 0 radical (unpaired) electrons. The van der Waals surface area contributed by atoms with Gasteiger partial charge in [-0.1, -0.05) is 18.5 Å². The lowest BCUT2D eigenvalue weighted by Crippen LogP contribution is -2.36. The Morgan fingerprint density at radius 2 is 2.04 bits per heavy atom. The third-order valence-corrected chi connectivity index (χ3v) is 4.78. The van der Waals surface area contributed by atoms with Crippen molar-refractivity contribution >= 4 is 17.5 Å². The molecule has 1 saturated heterocycles. The monoisotopic (exact) mass is 358 g/mol.